The van der Waals surface area contributed by atoms with Gasteiger partial charge in [-0.2, -0.15) is 5.10 Å². The molecule has 0 aliphatic carbocycles. The van der Waals surface area contributed by atoms with Gasteiger partial charge in [0.15, 0.2) is 0 Å². The molecule has 18 heavy (non-hydrogen) atoms. The zero-order chi connectivity index (χ0) is 13.1. The Kier molecular flexibility index (Phi) is 3.81. The molecule has 2 aromatic rings. The molecule has 0 amide bonds. The van der Waals surface area contributed by atoms with Gasteiger partial charge in [-0.25, -0.2) is 4.68 Å². The van der Waals surface area contributed by atoms with Crippen LogP contribution in [0, 0.1) is 0 Å². The Balaban J connectivity index is 2.30. The average Bonchev–Trinajstić information content (AvgIpc) is 2.70. The summed E-state index contributed by atoms with van der Waals surface area (Å²) in [6, 6.07) is 8.04. The Hall–Kier alpha value is -1.62. The highest BCUT2D eigenvalue weighted by atomic mass is 79.9. The summed E-state index contributed by atoms with van der Waals surface area (Å²) < 4.78 is 2.39. The van der Waals surface area contributed by atoms with Gasteiger partial charge in [0.05, 0.1) is 22.3 Å². The van der Waals surface area contributed by atoms with Gasteiger partial charge in [-0.15, -0.1) is 0 Å². The summed E-state index contributed by atoms with van der Waals surface area (Å²) in [7, 11) is 0. The van der Waals surface area contributed by atoms with Crippen LogP contribution in [0.2, 0.25) is 0 Å². The number of rotatable bonds is 4. The first-order valence-corrected chi connectivity index (χ1v) is 6.44. The minimum absolute atomic E-state index is 0.0827. The van der Waals surface area contributed by atoms with Gasteiger partial charge in [0, 0.05) is 6.20 Å². The Labute approximate surface area is 113 Å². The molecule has 0 radical (unpaired) electrons. The van der Waals surface area contributed by atoms with Crippen molar-refractivity contribution in [2.75, 3.05) is 0 Å². The minimum Gasteiger partial charge on any atom is -0.481 e. The number of benzene rings is 1. The van der Waals surface area contributed by atoms with E-state index in [0.717, 1.165) is 12.1 Å². The van der Waals surface area contributed by atoms with E-state index in [0.29, 0.717) is 10.2 Å². The second-order valence-electron chi connectivity index (χ2n) is 3.96. The number of carboxylic acid groups (broad SMARTS) is 1. The molecule has 1 heterocycles. The Bertz CT molecular complexity index is 561. The second-order valence-corrected chi connectivity index (χ2v) is 4.81. The maximum absolute atomic E-state index is 10.7. The maximum atomic E-state index is 10.7. The van der Waals surface area contributed by atoms with Crippen LogP contribution in [-0.4, -0.2) is 20.9 Å². The molecule has 0 saturated heterocycles. The fourth-order valence-corrected chi connectivity index (χ4v) is 2.08. The lowest BCUT2D eigenvalue weighted by Gasteiger charge is -2.02. The summed E-state index contributed by atoms with van der Waals surface area (Å²) in [5.74, 6) is -0.887. The summed E-state index contributed by atoms with van der Waals surface area (Å²) in [5.41, 5.74) is 2.71. The van der Waals surface area contributed by atoms with E-state index in [9.17, 15) is 4.79 Å². The van der Waals surface area contributed by atoms with Crippen molar-refractivity contribution >= 4 is 21.9 Å². The monoisotopic (exact) mass is 308 g/mol. The third-order valence-corrected chi connectivity index (χ3v) is 3.33. The summed E-state index contributed by atoms with van der Waals surface area (Å²) in [4.78, 5) is 10.7. The van der Waals surface area contributed by atoms with Crippen LogP contribution in [0.15, 0.2) is 34.9 Å². The number of halogens is 1. The predicted octanol–water partition coefficient (Wildman–Crippen LogP) is 2.82. The van der Waals surface area contributed by atoms with Crippen molar-refractivity contribution in [3.05, 3.63) is 46.2 Å². The Morgan fingerprint density at radius 3 is 2.61 bits per heavy atom. The predicted molar refractivity (Wildman–Crippen MR) is 72.0 cm³/mol. The van der Waals surface area contributed by atoms with E-state index in [1.807, 2.05) is 24.3 Å². The molecule has 5 heteroatoms. The summed E-state index contributed by atoms with van der Waals surface area (Å²) in [5, 5.41) is 13.0. The van der Waals surface area contributed by atoms with Crippen molar-refractivity contribution in [1.82, 2.24) is 9.78 Å². The van der Waals surface area contributed by atoms with Gasteiger partial charge in [-0.3, -0.25) is 4.79 Å². The third-order valence-electron chi connectivity index (χ3n) is 2.67. The second kappa shape index (κ2) is 5.35. The molecule has 1 N–H and O–H groups in total. The van der Waals surface area contributed by atoms with Crippen molar-refractivity contribution in [2.24, 2.45) is 0 Å². The van der Waals surface area contributed by atoms with E-state index in [-0.39, 0.29) is 6.42 Å². The summed E-state index contributed by atoms with van der Waals surface area (Å²) in [6.07, 6.45) is 2.69. The first kappa shape index (κ1) is 12.8. The van der Waals surface area contributed by atoms with Crippen LogP contribution in [0.25, 0.3) is 5.69 Å². The number of aliphatic carboxylic acids is 1. The van der Waals surface area contributed by atoms with E-state index in [1.165, 1.54) is 5.56 Å². The molecular weight excluding hydrogens is 296 g/mol. The highest BCUT2D eigenvalue weighted by molar-refractivity contribution is 9.10. The van der Waals surface area contributed by atoms with Crippen LogP contribution in [0.4, 0.5) is 0 Å². The molecule has 1 aromatic heterocycles. The highest BCUT2D eigenvalue weighted by Gasteiger charge is 2.11. The Morgan fingerprint density at radius 2 is 2.06 bits per heavy atom. The lowest BCUT2D eigenvalue weighted by Crippen LogP contribution is -2.02. The number of nitrogens with zero attached hydrogens (tertiary/aromatic N) is 2. The van der Waals surface area contributed by atoms with Gasteiger partial charge in [0.25, 0.3) is 0 Å². The van der Waals surface area contributed by atoms with Crippen molar-refractivity contribution in [3.8, 4) is 5.69 Å². The molecule has 1 aromatic carbocycles. The standard InChI is InChI=1S/C13H13BrN2O2/c1-2-9-3-5-10(6-4-9)16-8-11(14)12(15-16)7-13(17)18/h3-6,8H,2,7H2,1H3,(H,17,18). The first-order valence-electron chi connectivity index (χ1n) is 5.65. The van der Waals surface area contributed by atoms with E-state index in [2.05, 4.69) is 28.0 Å². The van der Waals surface area contributed by atoms with Crippen LogP contribution >= 0.6 is 15.9 Å². The van der Waals surface area contributed by atoms with E-state index < -0.39 is 5.97 Å². The quantitative estimate of drug-likeness (QED) is 0.945. The third kappa shape index (κ3) is 2.79. The fraction of sp³-hybridized carbons (Fsp3) is 0.231. The van der Waals surface area contributed by atoms with Crippen molar-refractivity contribution in [3.63, 3.8) is 0 Å². The number of hydrogen-bond donors (Lipinski definition) is 1. The maximum Gasteiger partial charge on any atom is 0.309 e. The number of carbonyl (C=O) groups is 1. The molecule has 4 nitrogen and oxygen atoms in total. The molecule has 2 rings (SSSR count). The van der Waals surface area contributed by atoms with Crippen LogP contribution < -0.4 is 0 Å². The van der Waals surface area contributed by atoms with Crippen LogP contribution in [0.5, 0.6) is 0 Å². The van der Waals surface area contributed by atoms with E-state index >= 15 is 0 Å². The van der Waals surface area contributed by atoms with Crippen LogP contribution in [0.1, 0.15) is 18.2 Å². The summed E-state index contributed by atoms with van der Waals surface area (Å²) in [6.45, 7) is 2.10. The van der Waals surface area contributed by atoms with Crippen LogP contribution in [-0.2, 0) is 17.6 Å². The number of carboxylic acids is 1. The fourth-order valence-electron chi connectivity index (χ4n) is 1.67. The highest BCUT2D eigenvalue weighted by Crippen LogP contribution is 2.19. The molecule has 0 spiro atoms. The zero-order valence-electron chi connectivity index (χ0n) is 9.93. The zero-order valence-corrected chi connectivity index (χ0v) is 11.5. The largest absolute Gasteiger partial charge is 0.481 e. The molecule has 0 aliphatic heterocycles. The van der Waals surface area contributed by atoms with Crippen molar-refractivity contribution in [2.45, 2.75) is 19.8 Å². The molecule has 0 unspecified atom stereocenters. The topological polar surface area (TPSA) is 55.1 Å². The average molecular weight is 309 g/mol. The number of aromatic nitrogens is 2. The van der Waals surface area contributed by atoms with Gasteiger partial charge in [0.2, 0.25) is 0 Å². The lowest BCUT2D eigenvalue weighted by molar-refractivity contribution is -0.136. The molecule has 94 valence electrons. The molecular formula is C13H13BrN2O2. The van der Waals surface area contributed by atoms with Gasteiger partial charge < -0.3 is 5.11 Å². The van der Waals surface area contributed by atoms with E-state index in [4.69, 9.17) is 5.11 Å². The normalized spacial score (nSPS) is 10.6. The lowest BCUT2D eigenvalue weighted by atomic mass is 10.1. The summed E-state index contributed by atoms with van der Waals surface area (Å²) >= 11 is 3.32. The number of aryl methyl sites for hydroxylation is 1. The van der Waals surface area contributed by atoms with E-state index in [1.54, 1.807) is 10.9 Å². The molecule has 0 aliphatic rings. The number of hydrogen-bond acceptors (Lipinski definition) is 2. The van der Waals surface area contributed by atoms with Gasteiger partial charge in [-0.05, 0) is 40.0 Å². The molecule has 0 fully saturated rings. The SMILES string of the molecule is CCc1ccc(-n2cc(Br)c(CC(=O)O)n2)cc1. The van der Waals surface area contributed by atoms with Crippen LogP contribution in [0.3, 0.4) is 0 Å². The smallest absolute Gasteiger partial charge is 0.309 e. The minimum atomic E-state index is -0.887. The molecule has 0 bridgehead atoms. The first-order chi connectivity index (χ1) is 8.60. The van der Waals surface area contributed by atoms with Gasteiger partial charge in [0.1, 0.15) is 0 Å². The van der Waals surface area contributed by atoms with Gasteiger partial charge in [-0.1, -0.05) is 19.1 Å². The molecule has 0 saturated carbocycles. The van der Waals surface area contributed by atoms with Gasteiger partial charge >= 0.3 is 5.97 Å². The van der Waals surface area contributed by atoms with Crippen molar-refractivity contribution < 1.29 is 9.90 Å². The van der Waals surface area contributed by atoms with Crippen molar-refractivity contribution in [1.29, 1.82) is 0 Å². The molecule has 0 atom stereocenters. The Morgan fingerprint density at radius 1 is 1.39 bits per heavy atom.